The van der Waals surface area contributed by atoms with Crippen LogP contribution in [0.1, 0.15) is 36.3 Å². The van der Waals surface area contributed by atoms with E-state index in [-0.39, 0.29) is 30.6 Å². The molecule has 9 heteroatoms. The second-order valence-corrected chi connectivity index (χ2v) is 11.1. The number of nitrogens with zero attached hydrogens (tertiary/aromatic N) is 1. The van der Waals surface area contributed by atoms with Crippen molar-refractivity contribution in [2.24, 2.45) is 5.92 Å². The molecule has 0 aromatic heterocycles. The molecule has 3 rings (SSSR count). The predicted molar refractivity (Wildman–Crippen MR) is 126 cm³/mol. The summed E-state index contributed by atoms with van der Waals surface area (Å²) in [5.41, 5.74) is 3.33. The molecule has 5 nitrogen and oxygen atoms in total. The van der Waals surface area contributed by atoms with Crippen molar-refractivity contribution in [3.05, 3.63) is 47.5 Å². The number of carbonyl (C=O) groups is 2. The Kier molecular flexibility index (Phi) is 8.22. The molecule has 1 aromatic rings. The van der Waals surface area contributed by atoms with Crippen molar-refractivity contribution in [3.63, 3.8) is 0 Å². The highest BCUT2D eigenvalue weighted by atomic mass is 79.9. The molecule has 0 spiro atoms. The van der Waals surface area contributed by atoms with Crippen LogP contribution in [0.4, 0.5) is 4.79 Å². The lowest BCUT2D eigenvalue weighted by atomic mass is 9.76. The van der Waals surface area contributed by atoms with Gasteiger partial charge >= 0.3 is 12.1 Å². The van der Waals surface area contributed by atoms with Gasteiger partial charge in [-0.2, -0.15) is 0 Å². The van der Waals surface area contributed by atoms with Crippen LogP contribution >= 0.6 is 50.7 Å². The lowest BCUT2D eigenvalue weighted by Crippen LogP contribution is -2.53. The van der Waals surface area contributed by atoms with Gasteiger partial charge in [-0.25, -0.2) is 4.79 Å². The van der Waals surface area contributed by atoms with Crippen LogP contribution in [-0.4, -0.2) is 51.9 Å². The number of rotatable bonds is 6. The van der Waals surface area contributed by atoms with Crippen LogP contribution in [0.3, 0.4) is 0 Å². The fraction of sp³-hybridized carbons (Fsp3) is 0.545. The van der Waals surface area contributed by atoms with Gasteiger partial charge in [0.2, 0.25) is 3.79 Å². The first kappa shape index (κ1) is 24.7. The van der Waals surface area contributed by atoms with Gasteiger partial charge in [0.1, 0.15) is 6.61 Å². The van der Waals surface area contributed by atoms with Crippen molar-refractivity contribution < 1.29 is 19.1 Å². The number of methoxy groups -OCH3 is 1. The molecule has 2 aliphatic heterocycles. The molecule has 31 heavy (non-hydrogen) atoms. The number of hydrogen-bond donors (Lipinski definition) is 0. The summed E-state index contributed by atoms with van der Waals surface area (Å²) in [4.78, 5) is 27.2. The molecule has 2 aliphatic rings. The summed E-state index contributed by atoms with van der Waals surface area (Å²) in [7, 11) is 1.38. The summed E-state index contributed by atoms with van der Waals surface area (Å²) >= 11 is 20.6. The van der Waals surface area contributed by atoms with E-state index in [4.69, 9.17) is 44.3 Å². The Morgan fingerprint density at radius 1 is 1.23 bits per heavy atom. The van der Waals surface area contributed by atoms with Crippen LogP contribution in [0.2, 0.25) is 0 Å². The van der Waals surface area contributed by atoms with Crippen molar-refractivity contribution in [1.82, 2.24) is 4.90 Å². The van der Waals surface area contributed by atoms with E-state index in [2.05, 4.69) is 46.8 Å². The van der Waals surface area contributed by atoms with Crippen LogP contribution in [0, 0.1) is 5.92 Å². The second kappa shape index (κ2) is 10.3. The maximum absolute atomic E-state index is 12.8. The number of amides is 1. The molecule has 0 aliphatic carbocycles. The number of ether oxygens (including phenoxy) is 2. The van der Waals surface area contributed by atoms with Gasteiger partial charge in [-0.05, 0) is 36.8 Å². The zero-order chi connectivity index (χ0) is 22.8. The first-order valence-corrected chi connectivity index (χ1v) is 12.3. The van der Waals surface area contributed by atoms with E-state index in [1.54, 1.807) is 4.90 Å². The van der Waals surface area contributed by atoms with Gasteiger partial charge < -0.3 is 14.4 Å². The van der Waals surface area contributed by atoms with Crippen molar-refractivity contribution >= 4 is 62.8 Å². The molecular weight excluding hydrogens is 529 g/mol. The maximum atomic E-state index is 12.8. The summed E-state index contributed by atoms with van der Waals surface area (Å²) < 4.78 is 8.66. The Morgan fingerprint density at radius 2 is 1.90 bits per heavy atom. The van der Waals surface area contributed by atoms with Crippen molar-refractivity contribution in [3.8, 4) is 0 Å². The topological polar surface area (TPSA) is 55.8 Å². The maximum Gasteiger partial charge on any atom is 0.410 e. The van der Waals surface area contributed by atoms with E-state index in [1.807, 2.05) is 0 Å². The number of halogens is 4. The summed E-state index contributed by atoms with van der Waals surface area (Å²) in [6.07, 6.45) is 2.38. The quantitative estimate of drug-likeness (QED) is 0.254. The smallest absolute Gasteiger partial charge is 0.410 e. The molecule has 0 radical (unpaired) electrons. The van der Waals surface area contributed by atoms with E-state index in [9.17, 15) is 9.59 Å². The summed E-state index contributed by atoms with van der Waals surface area (Å²) in [6, 6.07) is 7.92. The molecule has 4 unspecified atom stereocenters. The third-order valence-electron chi connectivity index (χ3n) is 6.01. The van der Waals surface area contributed by atoms with E-state index in [0.29, 0.717) is 12.8 Å². The van der Waals surface area contributed by atoms with Crippen LogP contribution in [-0.2, 0) is 20.7 Å². The van der Waals surface area contributed by atoms with Gasteiger partial charge in [-0.1, -0.05) is 87.2 Å². The monoisotopic (exact) mass is 551 g/mol. The molecule has 170 valence electrons. The van der Waals surface area contributed by atoms with E-state index >= 15 is 0 Å². The zero-order valence-corrected chi connectivity index (χ0v) is 21.0. The minimum absolute atomic E-state index is 0.0355. The standard InChI is InChI=1S/C22H25BrCl3NO4/c1-13(11-23)9-14-3-5-15(6-4-14)17-10-16-7-8-18(19(17)20(28)30-2)27(16)21(29)31-12-22(24,25)26/h3-6,16-19H,1,7-12H2,2H3. The fourth-order valence-corrected chi connectivity index (χ4v) is 5.09. The zero-order valence-electron chi connectivity index (χ0n) is 17.2. The van der Waals surface area contributed by atoms with Crippen LogP contribution in [0.15, 0.2) is 36.4 Å². The lowest BCUT2D eigenvalue weighted by molar-refractivity contribution is -0.150. The molecule has 0 N–H and O–H groups in total. The summed E-state index contributed by atoms with van der Waals surface area (Å²) in [5.74, 6) is -0.853. The normalized spacial score (nSPS) is 25.3. The molecule has 1 aromatic carbocycles. The molecule has 0 saturated carbocycles. The first-order chi connectivity index (χ1) is 14.6. The highest BCUT2D eigenvalue weighted by Gasteiger charge is 2.53. The minimum Gasteiger partial charge on any atom is -0.469 e. The Morgan fingerprint density at radius 3 is 2.48 bits per heavy atom. The van der Waals surface area contributed by atoms with Crippen molar-refractivity contribution in [2.45, 2.75) is 47.5 Å². The number of benzene rings is 1. The van der Waals surface area contributed by atoms with Gasteiger partial charge in [-0.15, -0.1) is 0 Å². The second-order valence-electron chi connectivity index (χ2n) is 8.07. The third kappa shape index (κ3) is 5.89. The average Bonchev–Trinajstić information content (AvgIpc) is 3.04. The highest BCUT2D eigenvalue weighted by molar-refractivity contribution is 9.09. The molecule has 2 heterocycles. The third-order valence-corrected chi connectivity index (χ3v) is 7.14. The number of fused-ring (bicyclic) bond motifs is 2. The first-order valence-electron chi connectivity index (χ1n) is 10.1. The number of piperidine rings is 1. The van der Waals surface area contributed by atoms with Gasteiger partial charge in [0.15, 0.2) is 0 Å². The lowest BCUT2D eigenvalue weighted by Gasteiger charge is -2.43. The molecule has 1 amide bonds. The number of hydrogen-bond acceptors (Lipinski definition) is 4. The fourth-order valence-electron chi connectivity index (χ4n) is 4.73. The van der Waals surface area contributed by atoms with E-state index in [1.165, 1.54) is 12.7 Å². The minimum atomic E-state index is -1.68. The molecule has 2 fully saturated rings. The number of esters is 1. The largest absolute Gasteiger partial charge is 0.469 e. The van der Waals surface area contributed by atoms with Gasteiger partial charge in [-0.3, -0.25) is 4.79 Å². The van der Waals surface area contributed by atoms with Gasteiger partial charge in [0.25, 0.3) is 0 Å². The van der Waals surface area contributed by atoms with E-state index in [0.717, 1.165) is 29.3 Å². The molecule has 2 bridgehead atoms. The van der Waals surface area contributed by atoms with Crippen LogP contribution in [0.5, 0.6) is 0 Å². The number of carbonyl (C=O) groups excluding carboxylic acids is 2. The molecule has 4 atom stereocenters. The van der Waals surface area contributed by atoms with Crippen LogP contribution in [0.25, 0.3) is 0 Å². The highest BCUT2D eigenvalue weighted by Crippen LogP contribution is 2.48. The molecular formula is C22H25BrCl3NO4. The summed E-state index contributed by atoms with van der Waals surface area (Å²) in [5, 5.41) is 0.759. The number of alkyl halides is 4. The predicted octanol–water partition coefficient (Wildman–Crippen LogP) is 5.80. The van der Waals surface area contributed by atoms with Gasteiger partial charge in [0, 0.05) is 23.3 Å². The number of allylic oxidation sites excluding steroid dienone is 1. The Labute approximate surface area is 206 Å². The average molecular weight is 554 g/mol. The Balaban J connectivity index is 1.81. The van der Waals surface area contributed by atoms with E-state index < -0.39 is 15.8 Å². The van der Waals surface area contributed by atoms with Crippen molar-refractivity contribution in [1.29, 1.82) is 0 Å². The SMILES string of the molecule is C=C(CBr)Cc1ccc(C2CC3CCC(C2C(=O)OC)N3C(=O)OCC(Cl)(Cl)Cl)cc1. The Hall–Kier alpha value is -0.950. The molecule has 2 saturated heterocycles. The van der Waals surface area contributed by atoms with Crippen molar-refractivity contribution in [2.75, 3.05) is 19.0 Å². The van der Waals surface area contributed by atoms with Gasteiger partial charge in [0.05, 0.1) is 13.0 Å². The Bertz CT molecular complexity index is 827. The summed E-state index contributed by atoms with van der Waals surface area (Å²) in [6.45, 7) is 3.68. The van der Waals surface area contributed by atoms with Crippen LogP contribution < -0.4 is 0 Å².